The van der Waals surface area contributed by atoms with E-state index in [2.05, 4.69) is 24.5 Å². The lowest BCUT2D eigenvalue weighted by atomic mass is 9.98. The van der Waals surface area contributed by atoms with Crippen molar-refractivity contribution in [1.29, 1.82) is 0 Å². The molecule has 0 spiro atoms. The minimum absolute atomic E-state index is 0.776. The highest BCUT2D eigenvalue weighted by Crippen LogP contribution is 2.15. The first-order valence-corrected chi connectivity index (χ1v) is 9.83. The second-order valence-electron chi connectivity index (χ2n) is 6.94. The summed E-state index contributed by atoms with van der Waals surface area (Å²) in [7, 11) is 0. The van der Waals surface area contributed by atoms with Gasteiger partial charge < -0.3 is 10.6 Å². The summed E-state index contributed by atoms with van der Waals surface area (Å²) in [5.74, 6) is 0. The highest BCUT2D eigenvalue weighted by molar-refractivity contribution is 4.79. The van der Waals surface area contributed by atoms with Crippen molar-refractivity contribution in [1.82, 2.24) is 10.6 Å². The van der Waals surface area contributed by atoms with Crippen LogP contribution in [0.15, 0.2) is 0 Å². The molecular formula is C19H40N2. The summed E-state index contributed by atoms with van der Waals surface area (Å²) in [5, 5.41) is 7.46. The van der Waals surface area contributed by atoms with E-state index in [1.54, 1.807) is 0 Å². The topological polar surface area (TPSA) is 24.1 Å². The zero-order valence-electron chi connectivity index (χ0n) is 14.8. The van der Waals surface area contributed by atoms with Gasteiger partial charge in [-0.15, -0.1) is 0 Å². The molecule has 0 aliphatic carbocycles. The summed E-state index contributed by atoms with van der Waals surface area (Å²) in [6.07, 6.45) is 18.1. The van der Waals surface area contributed by atoms with E-state index in [9.17, 15) is 0 Å². The van der Waals surface area contributed by atoms with Crippen LogP contribution in [-0.2, 0) is 0 Å². The SMILES string of the molecule is CCCCCCCC(CCCCCC)NC1CCNCC1. The van der Waals surface area contributed by atoms with Crippen molar-refractivity contribution in [2.45, 2.75) is 109 Å². The molecule has 0 aromatic carbocycles. The Kier molecular flexibility index (Phi) is 12.3. The Morgan fingerprint density at radius 3 is 1.90 bits per heavy atom. The third-order valence-corrected chi connectivity index (χ3v) is 4.87. The molecule has 1 atom stereocenters. The average Bonchev–Trinajstić information content (AvgIpc) is 2.52. The van der Waals surface area contributed by atoms with Gasteiger partial charge in [0.2, 0.25) is 0 Å². The molecule has 1 aliphatic heterocycles. The van der Waals surface area contributed by atoms with Crippen LogP contribution in [-0.4, -0.2) is 25.2 Å². The Morgan fingerprint density at radius 1 is 0.810 bits per heavy atom. The van der Waals surface area contributed by atoms with Crippen molar-refractivity contribution < 1.29 is 0 Å². The van der Waals surface area contributed by atoms with Crippen molar-refractivity contribution in [3.05, 3.63) is 0 Å². The fourth-order valence-corrected chi connectivity index (χ4v) is 3.44. The molecule has 0 aromatic rings. The largest absolute Gasteiger partial charge is 0.317 e. The van der Waals surface area contributed by atoms with Crippen LogP contribution in [0.25, 0.3) is 0 Å². The van der Waals surface area contributed by atoms with Crippen molar-refractivity contribution in [2.75, 3.05) is 13.1 Å². The number of unbranched alkanes of at least 4 members (excludes halogenated alkanes) is 7. The monoisotopic (exact) mass is 296 g/mol. The van der Waals surface area contributed by atoms with E-state index in [-0.39, 0.29) is 0 Å². The molecule has 1 heterocycles. The lowest BCUT2D eigenvalue weighted by Gasteiger charge is -2.29. The predicted molar refractivity (Wildman–Crippen MR) is 95.0 cm³/mol. The molecule has 1 unspecified atom stereocenters. The molecule has 1 saturated heterocycles. The molecule has 2 heteroatoms. The third kappa shape index (κ3) is 10.3. The van der Waals surface area contributed by atoms with E-state index >= 15 is 0 Å². The quantitative estimate of drug-likeness (QED) is 0.466. The second kappa shape index (κ2) is 13.6. The van der Waals surface area contributed by atoms with Gasteiger partial charge in [-0.3, -0.25) is 0 Å². The first kappa shape index (κ1) is 19.0. The normalized spacial score (nSPS) is 18.0. The molecule has 1 fully saturated rings. The molecule has 1 rings (SSSR count). The van der Waals surface area contributed by atoms with E-state index in [4.69, 9.17) is 0 Å². The van der Waals surface area contributed by atoms with E-state index in [0.717, 1.165) is 12.1 Å². The number of piperidine rings is 1. The smallest absolute Gasteiger partial charge is 0.00938 e. The average molecular weight is 297 g/mol. The number of rotatable bonds is 13. The van der Waals surface area contributed by atoms with Crippen molar-refractivity contribution in [3.8, 4) is 0 Å². The van der Waals surface area contributed by atoms with Gasteiger partial charge in [0.05, 0.1) is 0 Å². The molecule has 0 radical (unpaired) electrons. The van der Waals surface area contributed by atoms with E-state index in [1.807, 2.05) is 0 Å². The van der Waals surface area contributed by atoms with Gasteiger partial charge in [0.15, 0.2) is 0 Å². The number of hydrogen-bond donors (Lipinski definition) is 2. The molecule has 2 N–H and O–H groups in total. The van der Waals surface area contributed by atoms with E-state index in [1.165, 1.54) is 96.6 Å². The van der Waals surface area contributed by atoms with Gasteiger partial charge in [-0.1, -0.05) is 71.6 Å². The van der Waals surface area contributed by atoms with Crippen molar-refractivity contribution in [3.63, 3.8) is 0 Å². The summed E-state index contributed by atoms with van der Waals surface area (Å²) < 4.78 is 0. The fourth-order valence-electron chi connectivity index (χ4n) is 3.44. The van der Waals surface area contributed by atoms with E-state index in [0.29, 0.717) is 0 Å². The van der Waals surface area contributed by atoms with Gasteiger partial charge in [-0.2, -0.15) is 0 Å². The molecule has 0 aromatic heterocycles. The van der Waals surface area contributed by atoms with Gasteiger partial charge in [0, 0.05) is 12.1 Å². The molecule has 0 bridgehead atoms. The highest BCUT2D eigenvalue weighted by atomic mass is 15.0. The van der Waals surface area contributed by atoms with Gasteiger partial charge in [-0.05, 0) is 38.8 Å². The summed E-state index contributed by atoms with van der Waals surface area (Å²) in [6, 6.07) is 1.56. The molecule has 2 nitrogen and oxygen atoms in total. The fraction of sp³-hybridized carbons (Fsp3) is 1.00. The van der Waals surface area contributed by atoms with Crippen LogP contribution in [0.4, 0.5) is 0 Å². The second-order valence-corrected chi connectivity index (χ2v) is 6.94. The molecule has 0 amide bonds. The Morgan fingerprint density at radius 2 is 1.33 bits per heavy atom. The molecule has 21 heavy (non-hydrogen) atoms. The zero-order valence-corrected chi connectivity index (χ0v) is 14.8. The maximum absolute atomic E-state index is 3.98. The molecule has 126 valence electrons. The highest BCUT2D eigenvalue weighted by Gasteiger charge is 2.17. The summed E-state index contributed by atoms with van der Waals surface area (Å²) in [5.41, 5.74) is 0. The summed E-state index contributed by atoms with van der Waals surface area (Å²) >= 11 is 0. The van der Waals surface area contributed by atoms with Crippen molar-refractivity contribution in [2.24, 2.45) is 0 Å². The predicted octanol–water partition coefficient (Wildman–Crippen LogP) is 5.03. The van der Waals surface area contributed by atoms with Crippen LogP contribution >= 0.6 is 0 Å². The third-order valence-electron chi connectivity index (χ3n) is 4.87. The van der Waals surface area contributed by atoms with Crippen LogP contribution in [0.5, 0.6) is 0 Å². The Labute approximate surface area is 133 Å². The summed E-state index contributed by atoms with van der Waals surface area (Å²) in [4.78, 5) is 0. The van der Waals surface area contributed by atoms with Gasteiger partial charge >= 0.3 is 0 Å². The molecule has 0 saturated carbocycles. The Hall–Kier alpha value is -0.0800. The van der Waals surface area contributed by atoms with Crippen LogP contribution < -0.4 is 10.6 Å². The number of nitrogens with one attached hydrogen (secondary N) is 2. The number of hydrogen-bond acceptors (Lipinski definition) is 2. The standard InChI is InChI=1S/C19H40N2/c1-3-5-7-9-11-13-18(12-10-8-6-4-2)21-19-14-16-20-17-15-19/h18-21H,3-17H2,1-2H3. The van der Waals surface area contributed by atoms with Crippen LogP contribution in [0.2, 0.25) is 0 Å². The van der Waals surface area contributed by atoms with Crippen LogP contribution in [0, 0.1) is 0 Å². The first-order valence-electron chi connectivity index (χ1n) is 9.83. The maximum Gasteiger partial charge on any atom is 0.00938 e. The zero-order chi connectivity index (χ0) is 15.2. The van der Waals surface area contributed by atoms with Crippen LogP contribution in [0.3, 0.4) is 0 Å². The van der Waals surface area contributed by atoms with Crippen molar-refractivity contribution >= 4 is 0 Å². The van der Waals surface area contributed by atoms with Crippen LogP contribution in [0.1, 0.15) is 97.3 Å². The molecule has 1 aliphatic rings. The Balaban J connectivity index is 2.19. The molecular weight excluding hydrogens is 256 g/mol. The van der Waals surface area contributed by atoms with Gasteiger partial charge in [-0.25, -0.2) is 0 Å². The first-order chi connectivity index (χ1) is 10.4. The van der Waals surface area contributed by atoms with E-state index < -0.39 is 0 Å². The maximum atomic E-state index is 3.98. The minimum atomic E-state index is 0.776. The summed E-state index contributed by atoms with van der Waals surface area (Å²) in [6.45, 7) is 7.02. The Bertz CT molecular complexity index is 212. The van der Waals surface area contributed by atoms with Gasteiger partial charge in [0.1, 0.15) is 0 Å². The minimum Gasteiger partial charge on any atom is -0.317 e. The van der Waals surface area contributed by atoms with Gasteiger partial charge in [0.25, 0.3) is 0 Å². The lowest BCUT2D eigenvalue weighted by Crippen LogP contribution is -2.44. The lowest BCUT2D eigenvalue weighted by molar-refractivity contribution is 0.317.